The molecule has 226 valence electrons. The number of rotatable bonds is 27. The second kappa shape index (κ2) is 24.6. The third-order valence-corrected chi connectivity index (χ3v) is 10.2. The summed E-state index contributed by atoms with van der Waals surface area (Å²) in [6, 6.07) is 0. The average Bonchev–Trinajstić information content (AvgIpc) is 2.92. The number of esters is 1. The number of carbonyl (C=O) groups is 1. The van der Waals surface area contributed by atoms with Gasteiger partial charge in [-0.25, -0.2) is 4.79 Å². The summed E-state index contributed by atoms with van der Waals surface area (Å²) in [7, 11) is -1.54. The fourth-order valence-electron chi connectivity index (χ4n) is 4.54. The first kappa shape index (κ1) is 37.8. The Kier molecular flexibility index (Phi) is 24.5. The van der Waals surface area contributed by atoms with E-state index in [-0.39, 0.29) is 18.0 Å². The molecule has 5 atom stereocenters. The fourth-order valence-corrected chi connectivity index (χ4v) is 7.03. The molecule has 38 heavy (non-hydrogen) atoms. The van der Waals surface area contributed by atoms with Crippen LogP contribution in [-0.4, -0.2) is 53.3 Å². The highest BCUT2D eigenvalue weighted by Gasteiger charge is 2.64. The van der Waals surface area contributed by atoms with E-state index < -0.39 is 25.4 Å². The molecule has 0 bridgehead atoms. The summed E-state index contributed by atoms with van der Waals surface area (Å²) < 4.78 is 29.0. The predicted molar refractivity (Wildman–Crippen MR) is 162 cm³/mol. The monoisotopic (exact) mass is 579 g/mol. The van der Waals surface area contributed by atoms with Crippen LogP contribution in [0.5, 0.6) is 0 Å². The van der Waals surface area contributed by atoms with E-state index in [4.69, 9.17) is 14.0 Å². The average molecular weight is 580 g/mol. The Morgan fingerprint density at radius 1 is 0.816 bits per heavy atom. The van der Waals surface area contributed by atoms with Crippen molar-refractivity contribution in [3.05, 3.63) is 0 Å². The lowest BCUT2D eigenvalue weighted by Gasteiger charge is -2.29. The third-order valence-electron chi connectivity index (χ3n) is 7.11. The van der Waals surface area contributed by atoms with Crippen LogP contribution in [0.3, 0.4) is 0 Å². The molecule has 0 saturated heterocycles. The molecule has 0 rings (SSSR count). The van der Waals surface area contributed by atoms with Crippen molar-refractivity contribution in [2.75, 3.05) is 19.5 Å². The van der Waals surface area contributed by atoms with Gasteiger partial charge in [0.15, 0.2) is 0 Å². The van der Waals surface area contributed by atoms with Crippen LogP contribution in [0.2, 0.25) is 0 Å². The van der Waals surface area contributed by atoms with Gasteiger partial charge < -0.3 is 14.6 Å². The molecule has 0 aliphatic carbocycles. The number of hydrogen-bond donors (Lipinski definition) is 1. The van der Waals surface area contributed by atoms with Gasteiger partial charge in [-0.2, -0.15) is 11.8 Å². The molecule has 0 aromatic rings. The Balaban J connectivity index is 4.86. The van der Waals surface area contributed by atoms with Gasteiger partial charge in [0.1, 0.15) is 12.7 Å². The van der Waals surface area contributed by atoms with Crippen molar-refractivity contribution in [2.24, 2.45) is 0 Å². The first-order chi connectivity index (χ1) is 18.3. The lowest BCUT2D eigenvalue weighted by Crippen LogP contribution is -2.49. The van der Waals surface area contributed by atoms with E-state index in [1.807, 2.05) is 25.6 Å². The number of methoxy groups -OCH3 is 1. The van der Waals surface area contributed by atoms with Crippen LogP contribution < -0.4 is 0 Å². The van der Waals surface area contributed by atoms with Crippen LogP contribution in [0, 0.1) is 0 Å². The Bertz CT molecular complexity index is 593. The zero-order valence-corrected chi connectivity index (χ0v) is 27.2. The molecule has 0 amide bonds. The van der Waals surface area contributed by atoms with E-state index in [1.54, 1.807) is 6.92 Å². The molecule has 0 aromatic carbocycles. The Morgan fingerprint density at radius 2 is 1.32 bits per heavy atom. The Morgan fingerprint density at radius 3 is 1.82 bits per heavy atom. The molecule has 1 N–H and O–H groups in total. The molecule has 0 aliphatic heterocycles. The highest BCUT2D eigenvalue weighted by Crippen LogP contribution is 2.43. The number of unbranched alkanes of at least 4 members (excludes halogenated alkanes) is 13. The highest BCUT2D eigenvalue weighted by molar-refractivity contribution is 7.99. The van der Waals surface area contributed by atoms with Crippen molar-refractivity contribution in [1.29, 1.82) is 0 Å². The number of thioether (sulfide) groups is 1. The number of carbonyl (C=O) groups excluding carboxylic acids is 1. The van der Waals surface area contributed by atoms with Crippen molar-refractivity contribution in [2.45, 2.75) is 167 Å². The molecule has 8 heteroatoms. The molecule has 0 heterocycles. The topological polar surface area (TPSA) is 82.1 Å². The third kappa shape index (κ3) is 16.2. The normalized spacial score (nSPS) is 16.0. The summed E-state index contributed by atoms with van der Waals surface area (Å²) >= 11 is 1.93. The minimum Gasteiger partial charge on any atom is -0.463 e. The van der Waals surface area contributed by atoms with Gasteiger partial charge in [0.05, 0.1) is 13.2 Å². The summed E-state index contributed by atoms with van der Waals surface area (Å²) in [4.78, 5) is 12.5. The highest BCUT2D eigenvalue weighted by atomic mass is 32.2. The first-order valence-corrected chi connectivity index (χ1v) is 17.7. The molecule has 0 spiro atoms. The molecular weight excluding hydrogens is 519 g/mol. The second-order valence-electron chi connectivity index (χ2n) is 10.6. The predicted octanol–water partition coefficient (Wildman–Crippen LogP) is 9.19. The quantitative estimate of drug-likeness (QED) is 0.0590. The molecule has 0 saturated carbocycles. The fraction of sp³-hybridized carbons (Fsp3) is 0.967. The maximum Gasteiger partial charge on any atom is 0.559 e. The van der Waals surface area contributed by atoms with Crippen molar-refractivity contribution in [3.63, 3.8) is 0 Å². The van der Waals surface area contributed by atoms with Crippen LogP contribution in [0.25, 0.3) is 0 Å². The van der Waals surface area contributed by atoms with Gasteiger partial charge in [-0.15, -0.1) is 4.52 Å². The Labute approximate surface area is 240 Å². The van der Waals surface area contributed by atoms with Gasteiger partial charge in [-0.05, 0) is 43.4 Å². The minimum atomic E-state index is -2.71. The maximum atomic E-state index is 12.8. The molecule has 0 radical (unpaired) electrons. The molecule has 6 nitrogen and oxygen atoms in total. The summed E-state index contributed by atoms with van der Waals surface area (Å²) in [6.45, 7) is 10.1. The zero-order valence-electron chi connectivity index (χ0n) is 25.5. The van der Waals surface area contributed by atoms with Crippen molar-refractivity contribution in [3.8, 4) is 0 Å². The summed E-state index contributed by atoms with van der Waals surface area (Å²) in [5.74, 6) is 0.0939. The smallest absolute Gasteiger partial charge is 0.463 e. The van der Waals surface area contributed by atoms with Gasteiger partial charge >= 0.3 is 19.3 Å². The minimum absolute atomic E-state index is 0.186. The van der Waals surface area contributed by atoms with Gasteiger partial charge in [0.25, 0.3) is 0 Å². The van der Waals surface area contributed by atoms with Crippen LogP contribution in [0.15, 0.2) is 0 Å². The molecule has 0 fully saturated rings. The molecule has 5 unspecified atom stereocenters. The number of ether oxygens (including phenoxy) is 2. The molecule has 0 aromatic heterocycles. The SMILES string of the molecule is CCCCCCCCCCCCSC(CCCCCCC)C(C)OC(C)C(O)(C(=O)OC)[P+](=O)OCCC. The van der Waals surface area contributed by atoms with Crippen LogP contribution in [0.1, 0.15) is 144 Å². The van der Waals surface area contributed by atoms with E-state index in [9.17, 15) is 14.5 Å². The van der Waals surface area contributed by atoms with Gasteiger partial charge in [0.2, 0.25) is 0 Å². The largest absolute Gasteiger partial charge is 0.559 e. The first-order valence-electron chi connectivity index (χ1n) is 15.5. The summed E-state index contributed by atoms with van der Waals surface area (Å²) in [6.07, 6.45) is 19.7. The van der Waals surface area contributed by atoms with E-state index >= 15 is 0 Å². The van der Waals surface area contributed by atoms with E-state index in [0.29, 0.717) is 6.42 Å². The number of hydrogen-bond acceptors (Lipinski definition) is 7. The van der Waals surface area contributed by atoms with Crippen molar-refractivity contribution < 1.29 is 28.5 Å². The lowest BCUT2D eigenvalue weighted by molar-refractivity contribution is -0.168. The zero-order chi connectivity index (χ0) is 28.7. The van der Waals surface area contributed by atoms with Gasteiger partial charge in [0, 0.05) is 5.25 Å². The van der Waals surface area contributed by atoms with Gasteiger partial charge in [-0.1, -0.05) is 111 Å². The van der Waals surface area contributed by atoms with Crippen molar-refractivity contribution in [1.82, 2.24) is 0 Å². The molecular formula is C30H60O6PS+. The van der Waals surface area contributed by atoms with Gasteiger partial charge in [-0.3, -0.25) is 0 Å². The van der Waals surface area contributed by atoms with E-state index in [0.717, 1.165) is 18.6 Å². The molecule has 0 aliphatic rings. The summed E-state index contributed by atoms with van der Waals surface area (Å²) in [5.41, 5.74) is 0. The van der Waals surface area contributed by atoms with E-state index in [1.165, 1.54) is 97.0 Å². The number of aliphatic hydroxyl groups is 1. The van der Waals surface area contributed by atoms with Crippen LogP contribution >= 0.6 is 19.8 Å². The Hall–Kier alpha value is -0.200. The van der Waals surface area contributed by atoms with E-state index in [2.05, 4.69) is 13.8 Å². The van der Waals surface area contributed by atoms with Crippen LogP contribution in [0.4, 0.5) is 0 Å². The van der Waals surface area contributed by atoms with Crippen LogP contribution in [-0.2, 0) is 23.4 Å². The lowest BCUT2D eigenvalue weighted by atomic mass is 10.1. The second-order valence-corrected chi connectivity index (χ2v) is 13.4. The standard InChI is InChI=1S/C30H60O6PS/c1-7-10-12-14-15-16-17-18-20-22-25-38-28(23-21-19-13-11-8-2)26(4)36-27(5)30(32,29(31)34-6)37(33)35-24-9-3/h26-28,32H,7-25H2,1-6H3/q+1. The van der Waals surface area contributed by atoms with Crippen molar-refractivity contribution >= 4 is 25.8 Å². The maximum absolute atomic E-state index is 12.8. The summed E-state index contributed by atoms with van der Waals surface area (Å²) in [5, 5.41) is 9.02.